The van der Waals surface area contributed by atoms with E-state index in [0.29, 0.717) is 25.5 Å². The lowest BCUT2D eigenvalue weighted by Gasteiger charge is -2.11. The summed E-state index contributed by atoms with van der Waals surface area (Å²) >= 11 is 0. The molecule has 0 saturated carbocycles. The Balaban J connectivity index is 3.18. The third kappa shape index (κ3) is 4.49. The van der Waals surface area contributed by atoms with Crippen molar-refractivity contribution in [2.75, 3.05) is 27.4 Å². The molecule has 0 spiro atoms. The Morgan fingerprint density at radius 2 is 1.67 bits per heavy atom. The van der Waals surface area contributed by atoms with Crippen molar-refractivity contribution >= 4 is 7.85 Å². The van der Waals surface area contributed by atoms with E-state index in [4.69, 9.17) is 17.3 Å². The highest BCUT2D eigenvalue weighted by atomic mass is 16.5. The Hall–Kier alpha value is -0.0151. The van der Waals surface area contributed by atoms with Gasteiger partial charge in [-0.2, -0.15) is 0 Å². The van der Waals surface area contributed by atoms with Crippen LogP contribution in [0, 0.1) is 5.92 Å². The Morgan fingerprint density at radius 1 is 1.22 bits per heavy atom. The van der Waals surface area contributed by atoms with E-state index in [1.807, 2.05) is 0 Å². The van der Waals surface area contributed by atoms with Crippen LogP contribution in [0.3, 0.4) is 0 Å². The molecular formula is C6H13BO2. The zero-order valence-electron chi connectivity index (χ0n) is 6.09. The van der Waals surface area contributed by atoms with Crippen molar-refractivity contribution in [1.82, 2.24) is 0 Å². The van der Waals surface area contributed by atoms with E-state index >= 15 is 0 Å². The predicted octanol–water partition coefficient (Wildman–Crippen LogP) is 0.482. The summed E-state index contributed by atoms with van der Waals surface area (Å²) in [6.45, 7) is 1.37. The Morgan fingerprint density at radius 3 is 1.89 bits per heavy atom. The molecule has 0 unspecified atom stereocenters. The first-order valence-corrected chi connectivity index (χ1v) is 3.03. The van der Waals surface area contributed by atoms with Gasteiger partial charge in [0.05, 0.1) is 21.1 Å². The Kier molecular flexibility index (Phi) is 6.10. The molecule has 3 heteroatoms. The van der Waals surface area contributed by atoms with Gasteiger partial charge < -0.3 is 9.47 Å². The average molecular weight is 128 g/mol. The third-order valence-corrected chi connectivity index (χ3v) is 1.14. The minimum atomic E-state index is 0.347. The van der Waals surface area contributed by atoms with E-state index in [1.54, 1.807) is 14.2 Å². The molecule has 0 aromatic heterocycles. The standard InChI is InChI=1S/C6H13BO2/c1-8-4-6(3-7)5-9-2/h6H,3-5H2,1-2H3. The second kappa shape index (κ2) is 6.11. The fraction of sp³-hybridized carbons (Fsp3) is 1.00. The SMILES string of the molecule is [B]CC(COC)COC. The van der Waals surface area contributed by atoms with Crippen molar-refractivity contribution in [3.63, 3.8) is 0 Å². The van der Waals surface area contributed by atoms with Crippen molar-refractivity contribution in [3.05, 3.63) is 0 Å². The number of rotatable bonds is 5. The molecule has 0 bridgehead atoms. The topological polar surface area (TPSA) is 18.5 Å². The monoisotopic (exact) mass is 128 g/mol. The number of ether oxygens (including phenoxy) is 2. The van der Waals surface area contributed by atoms with Gasteiger partial charge in [-0.15, -0.1) is 0 Å². The molecule has 2 radical (unpaired) electrons. The summed E-state index contributed by atoms with van der Waals surface area (Å²) in [5.74, 6) is 0.347. The van der Waals surface area contributed by atoms with Gasteiger partial charge in [-0.25, -0.2) is 0 Å². The first-order valence-electron chi connectivity index (χ1n) is 3.03. The fourth-order valence-corrected chi connectivity index (χ4v) is 0.656. The molecule has 0 atom stereocenters. The molecule has 0 aliphatic rings. The zero-order chi connectivity index (χ0) is 7.11. The van der Waals surface area contributed by atoms with Crippen LogP contribution in [0.25, 0.3) is 0 Å². The number of hydrogen-bond acceptors (Lipinski definition) is 2. The van der Waals surface area contributed by atoms with E-state index in [9.17, 15) is 0 Å². The van der Waals surface area contributed by atoms with Gasteiger partial charge in [-0.05, 0) is 5.92 Å². The van der Waals surface area contributed by atoms with Gasteiger partial charge in [0.25, 0.3) is 0 Å². The van der Waals surface area contributed by atoms with Gasteiger partial charge in [0.2, 0.25) is 0 Å². The molecule has 0 fully saturated rings. The summed E-state index contributed by atoms with van der Waals surface area (Å²) in [6.07, 6.45) is 0.627. The molecule has 0 aromatic carbocycles. The largest absolute Gasteiger partial charge is 0.384 e. The van der Waals surface area contributed by atoms with Gasteiger partial charge in [0.15, 0.2) is 0 Å². The second-order valence-electron chi connectivity index (χ2n) is 2.01. The lowest BCUT2D eigenvalue weighted by Crippen LogP contribution is -2.13. The molecule has 9 heavy (non-hydrogen) atoms. The summed E-state index contributed by atoms with van der Waals surface area (Å²) in [7, 11) is 8.71. The highest BCUT2D eigenvalue weighted by Gasteiger charge is 2.02. The van der Waals surface area contributed by atoms with Crippen molar-refractivity contribution in [2.24, 2.45) is 5.92 Å². The lowest BCUT2D eigenvalue weighted by atomic mass is 9.92. The maximum absolute atomic E-state index is 5.38. The van der Waals surface area contributed by atoms with Crippen LogP contribution in [-0.2, 0) is 9.47 Å². The molecule has 0 aliphatic carbocycles. The van der Waals surface area contributed by atoms with Crippen molar-refractivity contribution in [2.45, 2.75) is 6.32 Å². The van der Waals surface area contributed by atoms with E-state index in [1.165, 1.54) is 0 Å². The van der Waals surface area contributed by atoms with Crippen LogP contribution >= 0.6 is 0 Å². The van der Waals surface area contributed by atoms with Crippen molar-refractivity contribution < 1.29 is 9.47 Å². The van der Waals surface area contributed by atoms with Crippen LogP contribution in [0.1, 0.15) is 0 Å². The molecule has 0 aromatic rings. The lowest BCUT2D eigenvalue weighted by molar-refractivity contribution is 0.0935. The average Bonchev–Trinajstić information content (AvgIpc) is 1.88. The highest BCUT2D eigenvalue weighted by molar-refractivity contribution is 6.08. The molecule has 0 saturated heterocycles. The smallest absolute Gasteiger partial charge is 0.0659 e. The summed E-state index contributed by atoms with van der Waals surface area (Å²) in [5.41, 5.74) is 0. The quantitative estimate of drug-likeness (QED) is 0.501. The van der Waals surface area contributed by atoms with E-state index in [2.05, 4.69) is 0 Å². The first kappa shape index (κ1) is 8.98. The molecular weight excluding hydrogens is 115 g/mol. The Labute approximate surface area is 57.9 Å². The van der Waals surface area contributed by atoms with Crippen LogP contribution in [0.4, 0.5) is 0 Å². The maximum Gasteiger partial charge on any atom is 0.0659 e. The van der Waals surface area contributed by atoms with Crippen molar-refractivity contribution in [1.29, 1.82) is 0 Å². The minimum absolute atomic E-state index is 0.347. The number of methoxy groups -OCH3 is 2. The minimum Gasteiger partial charge on any atom is -0.384 e. The van der Waals surface area contributed by atoms with Gasteiger partial charge >= 0.3 is 0 Å². The van der Waals surface area contributed by atoms with E-state index < -0.39 is 0 Å². The van der Waals surface area contributed by atoms with Crippen LogP contribution in [-0.4, -0.2) is 35.3 Å². The van der Waals surface area contributed by atoms with Gasteiger partial charge in [-0.1, -0.05) is 6.32 Å². The van der Waals surface area contributed by atoms with Crippen LogP contribution < -0.4 is 0 Å². The van der Waals surface area contributed by atoms with E-state index in [-0.39, 0.29) is 0 Å². The predicted molar refractivity (Wildman–Crippen MR) is 37.8 cm³/mol. The van der Waals surface area contributed by atoms with Crippen LogP contribution in [0.15, 0.2) is 0 Å². The molecule has 52 valence electrons. The fourth-order valence-electron chi connectivity index (χ4n) is 0.656. The molecule has 0 heterocycles. The van der Waals surface area contributed by atoms with Crippen LogP contribution in [0.5, 0.6) is 0 Å². The summed E-state index contributed by atoms with van der Waals surface area (Å²) in [4.78, 5) is 0. The third-order valence-electron chi connectivity index (χ3n) is 1.14. The summed E-state index contributed by atoms with van der Waals surface area (Å²) in [6, 6.07) is 0. The molecule has 0 aliphatic heterocycles. The number of hydrogen-bond donors (Lipinski definition) is 0. The first-order chi connectivity index (χ1) is 4.35. The van der Waals surface area contributed by atoms with Crippen molar-refractivity contribution in [3.8, 4) is 0 Å². The maximum atomic E-state index is 5.38. The van der Waals surface area contributed by atoms with Gasteiger partial charge in [0.1, 0.15) is 0 Å². The normalized spacial score (nSPS) is 10.6. The zero-order valence-corrected chi connectivity index (χ0v) is 6.09. The highest BCUT2D eigenvalue weighted by Crippen LogP contribution is 2.00. The molecule has 2 nitrogen and oxygen atoms in total. The summed E-state index contributed by atoms with van der Waals surface area (Å²) in [5, 5.41) is 0. The van der Waals surface area contributed by atoms with E-state index in [0.717, 1.165) is 0 Å². The van der Waals surface area contributed by atoms with Gasteiger partial charge in [0, 0.05) is 14.2 Å². The second-order valence-corrected chi connectivity index (χ2v) is 2.01. The molecule has 0 amide bonds. The molecule has 0 N–H and O–H groups in total. The Bertz CT molecular complexity index is 53.0. The molecule has 0 rings (SSSR count). The van der Waals surface area contributed by atoms with Crippen LogP contribution in [0.2, 0.25) is 6.32 Å². The van der Waals surface area contributed by atoms with Gasteiger partial charge in [-0.3, -0.25) is 0 Å². The summed E-state index contributed by atoms with van der Waals surface area (Å²) < 4.78 is 9.77.